The van der Waals surface area contributed by atoms with Crippen LogP contribution >= 0.6 is 0 Å². The summed E-state index contributed by atoms with van der Waals surface area (Å²) >= 11 is 0. The number of ketones is 1. The minimum Gasteiger partial charge on any atom is -0.493 e. The van der Waals surface area contributed by atoms with E-state index in [1.807, 2.05) is 69.4 Å². The van der Waals surface area contributed by atoms with Crippen LogP contribution in [-0.2, 0) is 13.7 Å². The van der Waals surface area contributed by atoms with E-state index < -0.39 is 0 Å². The number of ether oxygens (including phenoxy) is 2. The van der Waals surface area contributed by atoms with Gasteiger partial charge in [-0.1, -0.05) is 42.5 Å². The van der Waals surface area contributed by atoms with Crippen molar-refractivity contribution in [1.82, 2.24) is 9.78 Å². The van der Waals surface area contributed by atoms with Crippen molar-refractivity contribution in [2.75, 3.05) is 7.11 Å². The highest BCUT2D eigenvalue weighted by Gasteiger charge is 2.15. The van der Waals surface area contributed by atoms with E-state index in [0.717, 1.165) is 22.5 Å². The average molecular weight is 376 g/mol. The number of methoxy groups -OCH3 is 1. The Morgan fingerprint density at radius 3 is 2.50 bits per heavy atom. The van der Waals surface area contributed by atoms with Crippen molar-refractivity contribution in [3.8, 4) is 11.5 Å². The number of nitrogens with zero attached hydrogens (tertiary/aromatic N) is 2. The summed E-state index contributed by atoms with van der Waals surface area (Å²) in [6.07, 6.45) is 3.34. The second kappa shape index (κ2) is 8.57. The topological polar surface area (TPSA) is 53.3 Å². The second-order valence-corrected chi connectivity index (χ2v) is 6.55. The summed E-state index contributed by atoms with van der Waals surface area (Å²) in [7, 11) is 3.44. The molecule has 1 heterocycles. The lowest BCUT2D eigenvalue weighted by Crippen LogP contribution is -2.00. The molecule has 0 saturated carbocycles. The first kappa shape index (κ1) is 19.4. The zero-order valence-corrected chi connectivity index (χ0v) is 16.6. The van der Waals surface area contributed by atoms with Gasteiger partial charge in [-0.2, -0.15) is 5.10 Å². The van der Waals surface area contributed by atoms with Crippen molar-refractivity contribution in [2.45, 2.75) is 20.5 Å². The molecule has 5 heteroatoms. The van der Waals surface area contributed by atoms with Crippen LogP contribution in [0.2, 0.25) is 0 Å². The van der Waals surface area contributed by atoms with Gasteiger partial charge in [0.25, 0.3) is 0 Å². The number of carbonyl (C=O) groups excluding carboxylic acids is 1. The molecule has 3 aromatic rings. The summed E-state index contributed by atoms with van der Waals surface area (Å²) in [4.78, 5) is 12.6. The fraction of sp³-hybridized carbons (Fsp3) is 0.217. The number of benzene rings is 2. The molecule has 5 nitrogen and oxygen atoms in total. The molecule has 2 aromatic carbocycles. The van der Waals surface area contributed by atoms with E-state index in [4.69, 9.17) is 9.47 Å². The number of aromatic nitrogens is 2. The maximum atomic E-state index is 12.6. The van der Waals surface area contributed by atoms with Crippen LogP contribution in [0.4, 0.5) is 0 Å². The standard InChI is InChI=1S/C23H24N2O3/c1-16-23(17(2)25(3)24-16)20(26)12-10-18-11-13-21(22(14-18)27-4)28-15-19-8-6-5-7-9-19/h5-14H,15H2,1-4H3/b12-10+. The van der Waals surface area contributed by atoms with E-state index in [1.165, 1.54) is 0 Å². The van der Waals surface area contributed by atoms with Crippen molar-refractivity contribution in [1.29, 1.82) is 0 Å². The van der Waals surface area contributed by atoms with Crippen LogP contribution < -0.4 is 9.47 Å². The van der Waals surface area contributed by atoms with Gasteiger partial charge in [0, 0.05) is 12.7 Å². The van der Waals surface area contributed by atoms with Crippen LogP contribution in [-0.4, -0.2) is 22.7 Å². The second-order valence-electron chi connectivity index (χ2n) is 6.55. The van der Waals surface area contributed by atoms with E-state index in [9.17, 15) is 4.79 Å². The number of allylic oxidation sites excluding steroid dienone is 1. The summed E-state index contributed by atoms with van der Waals surface area (Å²) in [6.45, 7) is 4.20. The molecule has 0 atom stereocenters. The fourth-order valence-electron chi connectivity index (χ4n) is 3.03. The maximum absolute atomic E-state index is 12.6. The monoisotopic (exact) mass is 376 g/mol. The highest BCUT2D eigenvalue weighted by Crippen LogP contribution is 2.29. The normalized spacial score (nSPS) is 11.0. The van der Waals surface area contributed by atoms with Crippen LogP contribution in [0.3, 0.4) is 0 Å². The predicted octanol–water partition coefficient (Wildman–Crippen LogP) is 4.52. The number of hydrogen-bond acceptors (Lipinski definition) is 4. The van der Waals surface area contributed by atoms with Gasteiger partial charge in [-0.25, -0.2) is 0 Å². The summed E-state index contributed by atoms with van der Waals surface area (Å²) in [6, 6.07) is 15.6. The minimum absolute atomic E-state index is 0.0635. The molecule has 3 rings (SSSR count). The van der Waals surface area contributed by atoms with Crippen LogP contribution in [0.1, 0.15) is 32.9 Å². The molecular formula is C23H24N2O3. The van der Waals surface area contributed by atoms with Gasteiger partial charge in [-0.05, 0) is 43.2 Å². The van der Waals surface area contributed by atoms with Gasteiger partial charge in [0.1, 0.15) is 6.61 Å². The van der Waals surface area contributed by atoms with Gasteiger partial charge in [-0.3, -0.25) is 9.48 Å². The van der Waals surface area contributed by atoms with Crippen LogP contribution in [0.15, 0.2) is 54.6 Å². The lowest BCUT2D eigenvalue weighted by molar-refractivity contribution is 0.104. The largest absolute Gasteiger partial charge is 0.493 e. The molecule has 0 spiro atoms. The number of aryl methyl sites for hydroxylation is 2. The minimum atomic E-state index is -0.0635. The number of rotatable bonds is 7. The molecule has 0 aliphatic carbocycles. The molecule has 0 saturated heterocycles. The molecule has 0 fully saturated rings. The Morgan fingerprint density at radius 2 is 1.86 bits per heavy atom. The molecule has 0 bridgehead atoms. The quantitative estimate of drug-likeness (QED) is 0.449. The lowest BCUT2D eigenvalue weighted by Gasteiger charge is -2.11. The van der Waals surface area contributed by atoms with Crippen molar-refractivity contribution < 1.29 is 14.3 Å². The molecule has 0 aliphatic heterocycles. The summed E-state index contributed by atoms with van der Waals surface area (Å²) in [5.41, 5.74) is 4.18. The first-order chi connectivity index (χ1) is 13.5. The van der Waals surface area contributed by atoms with Crippen molar-refractivity contribution in [3.05, 3.63) is 82.7 Å². The first-order valence-electron chi connectivity index (χ1n) is 9.07. The number of hydrogen-bond donors (Lipinski definition) is 0. The fourth-order valence-corrected chi connectivity index (χ4v) is 3.03. The van der Waals surface area contributed by atoms with Crippen molar-refractivity contribution in [2.24, 2.45) is 7.05 Å². The van der Waals surface area contributed by atoms with E-state index in [0.29, 0.717) is 23.7 Å². The first-order valence-corrected chi connectivity index (χ1v) is 9.07. The third-order valence-electron chi connectivity index (χ3n) is 4.61. The van der Waals surface area contributed by atoms with Crippen LogP contribution in [0, 0.1) is 13.8 Å². The van der Waals surface area contributed by atoms with Gasteiger partial charge in [0.05, 0.1) is 18.4 Å². The predicted molar refractivity (Wildman–Crippen MR) is 110 cm³/mol. The van der Waals surface area contributed by atoms with Gasteiger partial charge >= 0.3 is 0 Å². The lowest BCUT2D eigenvalue weighted by atomic mass is 10.1. The summed E-state index contributed by atoms with van der Waals surface area (Å²) in [5.74, 6) is 1.22. The Hall–Kier alpha value is -3.34. The molecule has 0 N–H and O–H groups in total. The molecule has 144 valence electrons. The third-order valence-corrected chi connectivity index (χ3v) is 4.61. The Labute approximate surface area is 165 Å². The smallest absolute Gasteiger partial charge is 0.189 e. The Morgan fingerprint density at radius 1 is 1.11 bits per heavy atom. The van der Waals surface area contributed by atoms with Crippen molar-refractivity contribution in [3.63, 3.8) is 0 Å². The van der Waals surface area contributed by atoms with Crippen LogP contribution in [0.5, 0.6) is 11.5 Å². The van der Waals surface area contributed by atoms with E-state index in [1.54, 1.807) is 23.9 Å². The zero-order chi connectivity index (χ0) is 20.1. The van der Waals surface area contributed by atoms with Gasteiger partial charge in [-0.15, -0.1) is 0 Å². The molecular weight excluding hydrogens is 352 g/mol. The highest BCUT2D eigenvalue weighted by atomic mass is 16.5. The van der Waals surface area contributed by atoms with E-state index in [2.05, 4.69) is 5.10 Å². The zero-order valence-electron chi connectivity index (χ0n) is 16.6. The highest BCUT2D eigenvalue weighted by molar-refractivity contribution is 6.08. The summed E-state index contributed by atoms with van der Waals surface area (Å²) < 4.78 is 13.0. The van der Waals surface area contributed by atoms with Crippen LogP contribution in [0.25, 0.3) is 6.08 Å². The molecule has 28 heavy (non-hydrogen) atoms. The summed E-state index contributed by atoms with van der Waals surface area (Å²) in [5, 5.41) is 4.30. The van der Waals surface area contributed by atoms with Crippen molar-refractivity contribution >= 4 is 11.9 Å². The molecule has 1 aromatic heterocycles. The average Bonchev–Trinajstić information content (AvgIpc) is 2.97. The Bertz CT molecular complexity index is 1000. The Balaban J connectivity index is 1.74. The molecule has 0 unspecified atom stereocenters. The van der Waals surface area contributed by atoms with Gasteiger partial charge in [0.15, 0.2) is 17.3 Å². The van der Waals surface area contributed by atoms with Gasteiger partial charge in [0.2, 0.25) is 0 Å². The molecule has 0 radical (unpaired) electrons. The SMILES string of the molecule is COc1cc(/C=C/C(=O)c2c(C)nn(C)c2C)ccc1OCc1ccccc1. The molecule has 0 aliphatic rings. The third kappa shape index (κ3) is 4.31. The Kier molecular flexibility index (Phi) is 5.94. The van der Waals surface area contributed by atoms with Gasteiger partial charge < -0.3 is 9.47 Å². The molecule has 0 amide bonds. The number of carbonyl (C=O) groups is 1. The van der Waals surface area contributed by atoms with E-state index in [-0.39, 0.29) is 5.78 Å². The van der Waals surface area contributed by atoms with E-state index >= 15 is 0 Å². The maximum Gasteiger partial charge on any atom is 0.189 e.